The minimum Gasteiger partial charge on any atom is -0.445 e. The molecule has 134 valence electrons. The maximum Gasteiger partial charge on any atom is 0.343 e. The average Bonchev–Trinajstić information content (AvgIpc) is 2.90. The molecule has 1 unspecified atom stereocenters. The van der Waals surface area contributed by atoms with Crippen LogP contribution in [-0.4, -0.2) is 17.0 Å². The first-order valence-corrected chi connectivity index (χ1v) is 8.39. The number of carbonyl (C=O) groups excluding carboxylic acids is 2. The van der Waals surface area contributed by atoms with Crippen molar-refractivity contribution < 1.29 is 24.2 Å². The summed E-state index contributed by atoms with van der Waals surface area (Å²) in [6.45, 7) is 2.76. The Kier molecular flexibility index (Phi) is 5.11. The molecule has 0 saturated carbocycles. The molecule has 6 heteroatoms. The van der Waals surface area contributed by atoms with Crippen LogP contribution in [0.15, 0.2) is 48.2 Å². The predicted octanol–water partition coefficient (Wildman–Crippen LogP) is 3.71. The van der Waals surface area contributed by atoms with Crippen LogP contribution in [0.2, 0.25) is 5.02 Å². The summed E-state index contributed by atoms with van der Waals surface area (Å²) < 4.78 is 10.8. The van der Waals surface area contributed by atoms with E-state index in [4.69, 9.17) is 21.1 Å². The van der Waals surface area contributed by atoms with Gasteiger partial charge in [0.2, 0.25) is 0 Å². The van der Waals surface area contributed by atoms with Gasteiger partial charge in [0.25, 0.3) is 0 Å². The first-order valence-electron chi connectivity index (χ1n) is 8.01. The summed E-state index contributed by atoms with van der Waals surface area (Å²) in [7, 11) is 0. The van der Waals surface area contributed by atoms with Crippen molar-refractivity contribution in [2.75, 3.05) is 0 Å². The summed E-state index contributed by atoms with van der Waals surface area (Å²) in [5, 5.41) is 10.0. The number of aliphatic hydroxyl groups is 1. The smallest absolute Gasteiger partial charge is 0.343 e. The molecule has 1 aliphatic rings. The maximum atomic E-state index is 12.6. The van der Waals surface area contributed by atoms with E-state index in [-0.39, 0.29) is 23.0 Å². The fourth-order valence-corrected chi connectivity index (χ4v) is 3.39. The average molecular weight is 373 g/mol. The van der Waals surface area contributed by atoms with E-state index in [1.165, 1.54) is 6.92 Å². The third-order valence-corrected chi connectivity index (χ3v) is 4.30. The molecule has 2 aromatic carbocycles. The summed E-state index contributed by atoms with van der Waals surface area (Å²) in [6.07, 6.45) is -0.855. The van der Waals surface area contributed by atoms with Gasteiger partial charge in [-0.1, -0.05) is 48.0 Å². The van der Waals surface area contributed by atoms with E-state index in [1.807, 2.05) is 13.0 Å². The van der Waals surface area contributed by atoms with Crippen LogP contribution in [0.25, 0.3) is 5.57 Å². The molecular weight excluding hydrogens is 356 g/mol. The molecule has 5 nitrogen and oxygen atoms in total. The predicted molar refractivity (Wildman–Crippen MR) is 96.1 cm³/mol. The van der Waals surface area contributed by atoms with Gasteiger partial charge in [-0.3, -0.25) is 4.79 Å². The molecular formula is C20H17ClO5. The highest BCUT2D eigenvalue weighted by Crippen LogP contribution is 2.43. The van der Waals surface area contributed by atoms with E-state index in [9.17, 15) is 14.7 Å². The van der Waals surface area contributed by atoms with Crippen LogP contribution in [0.5, 0.6) is 0 Å². The molecule has 0 radical (unpaired) electrons. The Bertz CT molecular complexity index is 902. The zero-order valence-corrected chi connectivity index (χ0v) is 15.0. The Morgan fingerprint density at radius 2 is 1.96 bits per heavy atom. The number of rotatable bonds is 4. The van der Waals surface area contributed by atoms with Gasteiger partial charge in [0.1, 0.15) is 5.57 Å². The van der Waals surface area contributed by atoms with Gasteiger partial charge in [-0.2, -0.15) is 0 Å². The molecule has 0 saturated heterocycles. The third-order valence-electron chi connectivity index (χ3n) is 4.01. The van der Waals surface area contributed by atoms with Gasteiger partial charge in [-0.05, 0) is 24.1 Å². The lowest BCUT2D eigenvalue weighted by molar-refractivity contribution is -0.143. The fourth-order valence-electron chi connectivity index (χ4n) is 3.00. The lowest BCUT2D eigenvalue weighted by Crippen LogP contribution is -2.08. The van der Waals surface area contributed by atoms with Crippen LogP contribution in [0.1, 0.15) is 35.3 Å². The molecule has 3 rings (SSSR count). The second-order valence-corrected chi connectivity index (χ2v) is 6.38. The number of benzene rings is 2. The number of carbonyl (C=O) groups is 2. The molecule has 0 aliphatic carbocycles. The molecule has 1 atom stereocenters. The molecule has 0 amide bonds. The van der Waals surface area contributed by atoms with Gasteiger partial charge in [-0.25, -0.2) is 4.79 Å². The Balaban J connectivity index is 2.24. The van der Waals surface area contributed by atoms with E-state index in [2.05, 4.69) is 0 Å². The number of aryl methyl sites for hydroxylation is 1. The first-order chi connectivity index (χ1) is 12.4. The van der Waals surface area contributed by atoms with Crippen LogP contribution in [0.3, 0.4) is 0 Å². The second-order valence-electron chi connectivity index (χ2n) is 5.97. The van der Waals surface area contributed by atoms with Crippen molar-refractivity contribution in [1.29, 1.82) is 0 Å². The highest BCUT2D eigenvalue weighted by molar-refractivity contribution is 6.35. The quantitative estimate of drug-likeness (QED) is 0.828. The van der Waals surface area contributed by atoms with E-state index in [1.54, 1.807) is 36.4 Å². The van der Waals surface area contributed by atoms with Crippen LogP contribution < -0.4 is 0 Å². The number of cyclic esters (lactones) is 1. The van der Waals surface area contributed by atoms with Gasteiger partial charge in [0.05, 0.1) is 6.61 Å². The first kappa shape index (κ1) is 18.2. The summed E-state index contributed by atoms with van der Waals surface area (Å²) in [5.41, 5.74) is 2.34. The van der Waals surface area contributed by atoms with E-state index in [0.717, 1.165) is 5.56 Å². The van der Waals surface area contributed by atoms with Crippen LogP contribution in [0.4, 0.5) is 0 Å². The number of ether oxygens (including phenoxy) is 2. The van der Waals surface area contributed by atoms with Crippen molar-refractivity contribution in [3.05, 3.63) is 75.5 Å². The van der Waals surface area contributed by atoms with Gasteiger partial charge in [0, 0.05) is 23.1 Å². The van der Waals surface area contributed by atoms with Crippen molar-refractivity contribution in [1.82, 2.24) is 0 Å². The third kappa shape index (κ3) is 3.36. The van der Waals surface area contributed by atoms with Gasteiger partial charge < -0.3 is 14.6 Å². The Morgan fingerprint density at radius 3 is 2.58 bits per heavy atom. The summed E-state index contributed by atoms with van der Waals surface area (Å²) >= 11 is 6.36. The van der Waals surface area contributed by atoms with Crippen molar-refractivity contribution in [2.24, 2.45) is 0 Å². The molecule has 0 spiro atoms. The van der Waals surface area contributed by atoms with Gasteiger partial charge in [0.15, 0.2) is 11.9 Å². The lowest BCUT2D eigenvalue weighted by atomic mass is 9.96. The Morgan fingerprint density at radius 1 is 1.27 bits per heavy atom. The molecule has 1 heterocycles. The molecule has 1 aliphatic heterocycles. The molecule has 2 aromatic rings. The van der Waals surface area contributed by atoms with Crippen molar-refractivity contribution in [3.8, 4) is 0 Å². The molecule has 0 bridgehead atoms. The number of aliphatic hydroxyl groups excluding tert-OH is 1. The molecule has 26 heavy (non-hydrogen) atoms. The second kappa shape index (κ2) is 7.32. The Hall–Kier alpha value is -2.63. The largest absolute Gasteiger partial charge is 0.445 e. The van der Waals surface area contributed by atoms with Gasteiger partial charge >= 0.3 is 11.9 Å². The number of halogens is 1. The Labute approximate surface area is 155 Å². The minimum absolute atomic E-state index is 0.0584. The normalized spacial score (nSPS) is 16.6. The van der Waals surface area contributed by atoms with Crippen LogP contribution in [0, 0.1) is 6.92 Å². The zero-order valence-electron chi connectivity index (χ0n) is 14.3. The van der Waals surface area contributed by atoms with Crippen molar-refractivity contribution >= 4 is 29.1 Å². The van der Waals surface area contributed by atoms with Crippen LogP contribution in [-0.2, 0) is 25.7 Å². The van der Waals surface area contributed by atoms with E-state index in [0.29, 0.717) is 16.7 Å². The molecule has 1 N–H and O–H groups in total. The van der Waals surface area contributed by atoms with Crippen molar-refractivity contribution in [3.63, 3.8) is 0 Å². The van der Waals surface area contributed by atoms with E-state index >= 15 is 0 Å². The summed E-state index contributed by atoms with van der Waals surface area (Å²) in [4.78, 5) is 24.3. The number of hydrogen-bond donors (Lipinski definition) is 1. The number of hydrogen-bond acceptors (Lipinski definition) is 5. The minimum atomic E-state index is -0.855. The fraction of sp³-hybridized carbons (Fsp3) is 0.200. The zero-order chi connectivity index (χ0) is 18.8. The molecule has 0 aromatic heterocycles. The standard InChI is InChI=1S/C20H17ClO5/c1-11-8-14(10-22)16(15(21)9-11)17-19(25-12(2)23)18(26-20(17)24)13-6-4-3-5-7-13/h3-9,18,22H,10H2,1-2H3. The van der Waals surface area contributed by atoms with Crippen LogP contribution >= 0.6 is 11.6 Å². The lowest BCUT2D eigenvalue weighted by Gasteiger charge is -2.14. The highest BCUT2D eigenvalue weighted by atomic mass is 35.5. The summed E-state index contributed by atoms with van der Waals surface area (Å²) in [5.74, 6) is -1.16. The SMILES string of the molecule is CC(=O)OC1=C(c2c(Cl)cc(C)cc2CO)C(=O)OC1c1ccccc1. The van der Waals surface area contributed by atoms with Gasteiger partial charge in [-0.15, -0.1) is 0 Å². The summed E-state index contributed by atoms with van der Waals surface area (Å²) in [6, 6.07) is 12.4. The van der Waals surface area contributed by atoms with E-state index < -0.39 is 18.0 Å². The maximum absolute atomic E-state index is 12.6. The number of esters is 2. The van der Waals surface area contributed by atoms with Crippen molar-refractivity contribution in [2.45, 2.75) is 26.6 Å². The molecule has 0 fully saturated rings. The highest BCUT2D eigenvalue weighted by Gasteiger charge is 2.40. The topological polar surface area (TPSA) is 72.8 Å². The monoisotopic (exact) mass is 372 g/mol.